The number of halogens is 1. The van der Waals surface area contributed by atoms with E-state index in [0.717, 1.165) is 11.3 Å². The Labute approximate surface area is 157 Å². The molecule has 0 aromatic heterocycles. The first-order valence-electron chi connectivity index (χ1n) is 7.98. The third-order valence-electron chi connectivity index (χ3n) is 3.71. The second-order valence-corrected chi connectivity index (χ2v) is 6.26. The highest BCUT2D eigenvalue weighted by Crippen LogP contribution is 2.21. The van der Waals surface area contributed by atoms with E-state index in [2.05, 4.69) is 5.32 Å². The minimum Gasteiger partial charge on any atom is -0.370 e. The summed E-state index contributed by atoms with van der Waals surface area (Å²) in [6.07, 6.45) is 0.127. The molecule has 0 saturated heterocycles. The molecule has 2 aromatic rings. The van der Waals surface area contributed by atoms with Gasteiger partial charge in [-0.2, -0.15) is 5.26 Å². The molecule has 0 saturated carbocycles. The Morgan fingerprint density at radius 3 is 2.69 bits per heavy atom. The number of anilines is 2. The Hall–Kier alpha value is -3.04. The van der Waals surface area contributed by atoms with Crippen LogP contribution in [0.3, 0.4) is 0 Å². The molecule has 0 aliphatic heterocycles. The van der Waals surface area contributed by atoms with Gasteiger partial charge >= 0.3 is 0 Å². The van der Waals surface area contributed by atoms with Gasteiger partial charge in [0.25, 0.3) is 0 Å². The molecule has 0 bridgehead atoms. The lowest BCUT2D eigenvalue weighted by Crippen LogP contribution is -2.35. The normalized spacial score (nSPS) is 10.0. The topological polar surface area (TPSA) is 99.2 Å². The smallest absolute Gasteiger partial charge is 0.243 e. The van der Waals surface area contributed by atoms with E-state index in [1.54, 1.807) is 17.0 Å². The highest BCUT2D eigenvalue weighted by atomic mass is 35.5. The zero-order valence-corrected chi connectivity index (χ0v) is 15.1. The molecule has 0 spiro atoms. The number of hydrogen-bond donors (Lipinski definition) is 2. The maximum Gasteiger partial charge on any atom is 0.243 e. The predicted molar refractivity (Wildman–Crippen MR) is 102 cm³/mol. The van der Waals surface area contributed by atoms with E-state index < -0.39 is 5.91 Å². The number of nitrogens with zero attached hydrogens (tertiary/aromatic N) is 2. The van der Waals surface area contributed by atoms with E-state index in [1.807, 2.05) is 37.3 Å². The van der Waals surface area contributed by atoms with Gasteiger partial charge in [-0.25, -0.2) is 0 Å². The van der Waals surface area contributed by atoms with Crippen molar-refractivity contribution in [3.63, 3.8) is 0 Å². The van der Waals surface area contributed by atoms with E-state index in [4.69, 9.17) is 22.6 Å². The van der Waals surface area contributed by atoms with Crippen LogP contribution in [0.15, 0.2) is 42.5 Å². The molecule has 2 amide bonds. The summed E-state index contributed by atoms with van der Waals surface area (Å²) in [5.41, 5.74) is 7.76. The van der Waals surface area contributed by atoms with Crippen molar-refractivity contribution in [1.82, 2.24) is 0 Å². The third kappa shape index (κ3) is 5.50. The number of benzene rings is 2. The van der Waals surface area contributed by atoms with Gasteiger partial charge in [0.15, 0.2) is 0 Å². The molecule has 0 radical (unpaired) electrons. The summed E-state index contributed by atoms with van der Waals surface area (Å²) in [5, 5.41) is 12.3. The minimum atomic E-state index is -0.440. The Morgan fingerprint density at radius 1 is 1.27 bits per heavy atom. The van der Waals surface area contributed by atoms with Crippen LogP contribution in [0.1, 0.15) is 17.5 Å². The van der Waals surface area contributed by atoms with E-state index in [1.165, 1.54) is 6.07 Å². The summed E-state index contributed by atoms with van der Waals surface area (Å²) in [7, 11) is 0. The quantitative estimate of drug-likeness (QED) is 0.782. The summed E-state index contributed by atoms with van der Waals surface area (Å²) in [5.74, 6) is -0.764. The number of nitrogens with two attached hydrogens (primary N) is 1. The summed E-state index contributed by atoms with van der Waals surface area (Å²) >= 11 is 5.94. The van der Waals surface area contributed by atoms with Crippen LogP contribution in [-0.4, -0.2) is 24.9 Å². The number of carbonyl (C=O) groups is 2. The van der Waals surface area contributed by atoms with Gasteiger partial charge in [0.2, 0.25) is 11.8 Å². The minimum absolute atomic E-state index is 0.00805. The molecule has 0 fully saturated rings. The second-order valence-electron chi connectivity index (χ2n) is 5.83. The van der Waals surface area contributed by atoms with Crippen LogP contribution < -0.4 is 16.0 Å². The van der Waals surface area contributed by atoms with Crippen molar-refractivity contribution < 1.29 is 9.59 Å². The zero-order chi connectivity index (χ0) is 19.1. The first-order chi connectivity index (χ1) is 12.4. The molecule has 6 nitrogen and oxygen atoms in total. The number of carbonyl (C=O) groups excluding carboxylic acids is 2. The van der Waals surface area contributed by atoms with Crippen molar-refractivity contribution in [2.75, 3.05) is 23.3 Å². The van der Waals surface area contributed by atoms with Crippen molar-refractivity contribution in [3.8, 4) is 6.07 Å². The number of amides is 2. The Bertz CT molecular complexity index is 861. The van der Waals surface area contributed by atoms with E-state index in [0.29, 0.717) is 22.8 Å². The lowest BCUT2D eigenvalue weighted by atomic mass is 10.2. The molecule has 2 rings (SSSR count). The maximum absolute atomic E-state index is 12.5. The number of nitrogens with one attached hydrogen (secondary N) is 1. The number of aryl methyl sites for hydroxylation is 1. The Morgan fingerprint density at radius 2 is 2.04 bits per heavy atom. The predicted octanol–water partition coefficient (Wildman–Crippen LogP) is 2.84. The summed E-state index contributed by atoms with van der Waals surface area (Å²) in [6, 6.07) is 14.3. The molecule has 134 valence electrons. The largest absolute Gasteiger partial charge is 0.370 e. The van der Waals surface area contributed by atoms with Crippen molar-refractivity contribution >= 4 is 34.8 Å². The fraction of sp³-hybridized carbons (Fsp3) is 0.211. The molecule has 3 N–H and O–H groups in total. The van der Waals surface area contributed by atoms with Gasteiger partial charge in [0, 0.05) is 23.7 Å². The molecule has 0 unspecified atom stereocenters. The highest BCUT2D eigenvalue weighted by Gasteiger charge is 2.14. The number of rotatable bonds is 7. The van der Waals surface area contributed by atoms with Crippen LogP contribution in [-0.2, 0) is 9.59 Å². The molecule has 7 heteroatoms. The van der Waals surface area contributed by atoms with Gasteiger partial charge in [-0.05, 0) is 42.8 Å². The first-order valence-corrected chi connectivity index (χ1v) is 8.36. The van der Waals surface area contributed by atoms with Crippen molar-refractivity contribution in [2.24, 2.45) is 5.73 Å². The molecule has 0 aliphatic rings. The summed E-state index contributed by atoms with van der Waals surface area (Å²) in [4.78, 5) is 25.4. The van der Waals surface area contributed by atoms with Gasteiger partial charge in [-0.1, -0.05) is 23.7 Å². The average molecular weight is 371 g/mol. The molecular formula is C19H19ClN4O2. The van der Waals surface area contributed by atoms with Gasteiger partial charge in [-0.15, -0.1) is 0 Å². The van der Waals surface area contributed by atoms with Crippen LogP contribution in [0.2, 0.25) is 5.02 Å². The average Bonchev–Trinajstić information content (AvgIpc) is 2.58. The Kier molecular flexibility index (Phi) is 6.59. The van der Waals surface area contributed by atoms with Gasteiger partial charge in [-0.3, -0.25) is 9.59 Å². The van der Waals surface area contributed by atoms with Crippen LogP contribution in [0.25, 0.3) is 0 Å². The van der Waals surface area contributed by atoms with Crippen molar-refractivity contribution in [2.45, 2.75) is 13.3 Å². The van der Waals surface area contributed by atoms with Crippen LogP contribution >= 0.6 is 11.6 Å². The van der Waals surface area contributed by atoms with Crippen LogP contribution in [0.4, 0.5) is 11.4 Å². The highest BCUT2D eigenvalue weighted by molar-refractivity contribution is 6.31. The van der Waals surface area contributed by atoms with Crippen LogP contribution in [0.5, 0.6) is 0 Å². The fourth-order valence-electron chi connectivity index (χ4n) is 2.45. The van der Waals surface area contributed by atoms with E-state index in [-0.39, 0.29) is 18.9 Å². The van der Waals surface area contributed by atoms with Crippen molar-refractivity contribution in [1.29, 1.82) is 5.26 Å². The lowest BCUT2D eigenvalue weighted by Gasteiger charge is -2.24. The molecule has 26 heavy (non-hydrogen) atoms. The second kappa shape index (κ2) is 8.88. The van der Waals surface area contributed by atoms with Crippen molar-refractivity contribution in [3.05, 3.63) is 58.6 Å². The molecule has 0 heterocycles. The number of primary amides is 1. The molecular weight excluding hydrogens is 352 g/mol. The van der Waals surface area contributed by atoms with E-state index >= 15 is 0 Å². The molecule has 0 aliphatic carbocycles. The Balaban J connectivity index is 2.17. The third-order valence-corrected chi connectivity index (χ3v) is 3.94. The number of hydrogen-bond acceptors (Lipinski definition) is 4. The van der Waals surface area contributed by atoms with Gasteiger partial charge < -0.3 is 16.0 Å². The molecule has 2 aromatic carbocycles. The van der Waals surface area contributed by atoms with E-state index in [9.17, 15) is 9.59 Å². The maximum atomic E-state index is 12.5. The monoisotopic (exact) mass is 370 g/mol. The SMILES string of the molecule is Cc1cccc(N(CCC(N)=O)CC(=O)Nc2cc(Cl)ccc2C#N)c1. The lowest BCUT2D eigenvalue weighted by molar-refractivity contribution is -0.118. The summed E-state index contributed by atoms with van der Waals surface area (Å²) in [6.45, 7) is 2.27. The van der Waals surface area contributed by atoms with Crippen LogP contribution in [0, 0.1) is 18.3 Å². The summed E-state index contributed by atoms with van der Waals surface area (Å²) < 4.78 is 0. The zero-order valence-electron chi connectivity index (χ0n) is 14.3. The fourth-order valence-corrected chi connectivity index (χ4v) is 2.62. The standard InChI is InChI=1S/C19H19ClN4O2/c1-13-3-2-4-16(9-13)24(8-7-18(22)25)12-19(26)23-17-10-15(20)6-5-14(17)11-21/h2-6,9-10H,7-8,12H2,1H3,(H2,22,25)(H,23,26). The van der Waals surface area contributed by atoms with Gasteiger partial charge in [0.1, 0.15) is 6.07 Å². The number of nitriles is 1. The first kappa shape index (κ1) is 19.3. The molecule has 0 atom stereocenters. The van der Waals surface area contributed by atoms with Gasteiger partial charge in [0.05, 0.1) is 17.8 Å².